The maximum Gasteiger partial charge on any atom is 0.251 e. The summed E-state index contributed by atoms with van der Waals surface area (Å²) in [6.45, 7) is 2.54. The van der Waals surface area contributed by atoms with E-state index in [0.717, 1.165) is 24.1 Å². The molecule has 20 heavy (non-hydrogen) atoms. The van der Waals surface area contributed by atoms with Crippen LogP contribution in [0.15, 0.2) is 36.7 Å². The van der Waals surface area contributed by atoms with Crippen LogP contribution in [0.3, 0.4) is 0 Å². The van der Waals surface area contributed by atoms with Crippen LogP contribution >= 0.6 is 11.6 Å². The van der Waals surface area contributed by atoms with Crippen molar-refractivity contribution in [3.63, 3.8) is 0 Å². The van der Waals surface area contributed by atoms with Crippen LogP contribution in [0.2, 0.25) is 5.15 Å². The average Bonchev–Trinajstić information content (AvgIpc) is 2.47. The molecule has 2 rings (SSSR count). The molecule has 0 aliphatic rings. The highest BCUT2D eigenvalue weighted by atomic mass is 35.5. The number of amides is 1. The van der Waals surface area contributed by atoms with Gasteiger partial charge in [-0.2, -0.15) is 0 Å². The number of carbonyl (C=O) groups excluding carboxylic acids is 1. The molecule has 1 amide bonds. The SMILES string of the molecule is CCc1cc(C(=O)NCCc2cccnc2)cc(Cl)n1. The summed E-state index contributed by atoms with van der Waals surface area (Å²) < 4.78 is 0. The first kappa shape index (κ1) is 14.5. The minimum atomic E-state index is -0.132. The summed E-state index contributed by atoms with van der Waals surface area (Å²) in [5.41, 5.74) is 2.46. The van der Waals surface area contributed by atoms with E-state index < -0.39 is 0 Å². The lowest BCUT2D eigenvalue weighted by molar-refractivity contribution is 0.0954. The Balaban J connectivity index is 1.93. The van der Waals surface area contributed by atoms with E-state index in [1.807, 2.05) is 19.1 Å². The summed E-state index contributed by atoms with van der Waals surface area (Å²) >= 11 is 5.90. The van der Waals surface area contributed by atoms with Crippen molar-refractivity contribution >= 4 is 17.5 Å². The second-order valence-corrected chi connectivity index (χ2v) is 4.78. The Labute approximate surface area is 123 Å². The van der Waals surface area contributed by atoms with Gasteiger partial charge in [-0.25, -0.2) is 4.98 Å². The van der Waals surface area contributed by atoms with E-state index >= 15 is 0 Å². The number of nitrogens with zero attached hydrogens (tertiary/aromatic N) is 2. The van der Waals surface area contributed by atoms with Crippen molar-refractivity contribution < 1.29 is 4.79 Å². The van der Waals surface area contributed by atoms with Crippen molar-refractivity contribution in [2.75, 3.05) is 6.54 Å². The fourth-order valence-electron chi connectivity index (χ4n) is 1.83. The van der Waals surface area contributed by atoms with Crippen LogP contribution in [0.5, 0.6) is 0 Å². The Hall–Kier alpha value is -1.94. The van der Waals surface area contributed by atoms with Gasteiger partial charge in [-0.15, -0.1) is 0 Å². The molecule has 5 heteroatoms. The number of hydrogen-bond acceptors (Lipinski definition) is 3. The number of rotatable bonds is 5. The van der Waals surface area contributed by atoms with Crippen molar-refractivity contribution in [3.8, 4) is 0 Å². The van der Waals surface area contributed by atoms with Crippen molar-refractivity contribution in [1.29, 1.82) is 0 Å². The number of pyridine rings is 2. The van der Waals surface area contributed by atoms with Gasteiger partial charge in [-0.3, -0.25) is 9.78 Å². The standard InChI is InChI=1S/C15H16ClN3O/c1-2-13-8-12(9-14(16)19-13)15(20)18-7-5-11-4-3-6-17-10-11/h3-4,6,8-10H,2,5,7H2,1H3,(H,18,20). The van der Waals surface area contributed by atoms with Gasteiger partial charge in [0.2, 0.25) is 0 Å². The third kappa shape index (κ3) is 4.03. The molecular weight excluding hydrogens is 274 g/mol. The summed E-state index contributed by atoms with van der Waals surface area (Å²) in [6, 6.07) is 7.22. The molecule has 0 atom stereocenters. The maximum absolute atomic E-state index is 12.0. The molecule has 4 nitrogen and oxygen atoms in total. The second-order valence-electron chi connectivity index (χ2n) is 4.39. The van der Waals surface area contributed by atoms with E-state index in [2.05, 4.69) is 15.3 Å². The van der Waals surface area contributed by atoms with Gasteiger partial charge in [0.15, 0.2) is 0 Å². The van der Waals surface area contributed by atoms with Crippen LogP contribution in [-0.2, 0) is 12.8 Å². The Morgan fingerprint density at radius 2 is 2.25 bits per heavy atom. The van der Waals surface area contributed by atoms with Gasteiger partial charge < -0.3 is 5.32 Å². The van der Waals surface area contributed by atoms with Crippen LogP contribution in [0.1, 0.15) is 28.5 Å². The second kappa shape index (κ2) is 7.01. The molecule has 0 aliphatic heterocycles. The maximum atomic E-state index is 12.0. The van der Waals surface area contributed by atoms with Gasteiger partial charge in [-0.05, 0) is 36.6 Å². The average molecular weight is 290 g/mol. The zero-order chi connectivity index (χ0) is 14.4. The fourth-order valence-corrected chi connectivity index (χ4v) is 2.06. The van der Waals surface area contributed by atoms with Crippen LogP contribution < -0.4 is 5.32 Å². The van der Waals surface area contributed by atoms with Crippen LogP contribution in [-0.4, -0.2) is 22.4 Å². The third-order valence-electron chi connectivity index (χ3n) is 2.89. The summed E-state index contributed by atoms with van der Waals surface area (Å²) in [4.78, 5) is 20.2. The number of aryl methyl sites for hydroxylation is 1. The molecule has 2 heterocycles. The largest absolute Gasteiger partial charge is 0.352 e. The minimum absolute atomic E-state index is 0.132. The number of carbonyl (C=O) groups is 1. The van der Waals surface area contributed by atoms with Crippen LogP contribution in [0, 0.1) is 0 Å². The highest BCUT2D eigenvalue weighted by molar-refractivity contribution is 6.29. The smallest absolute Gasteiger partial charge is 0.251 e. The van der Waals surface area contributed by atoms with E-state index in [1.165, 1.54) is 0 Å². The molecule has 0 saturated carbocycles. The predicted molar refractivity (Wildman–Crippen MR) is 78.9 cm³/mol. The van der Waals surface area contributed by atoms with Gasteiger partial charge in [0.25, 0.3) is 5.91 Å². The molecule has 0 aliphatic carbocycles. The first-order valence-electron chi connectivity index (χ1n) is 6.52. The van der Waals surface area contributed by atoms with Gasteiger partial charge in [0, 0.05) is 30.2 Å². The van der Waals surface area contributed by atoms with Gasteiger partial charge in [0.05, 0.1) is 0 Å². The lowest BCUT2D eigenvalue weighted by Crippen LogP contribution is -2.26. The summed E-state index contributed by atoms with van der Waals surface area (Å²) in [7, 11) is 0. The Bertz CT molecular complexity index is 587. The lowest BCUT2D eigenvalue weighted by Gasteiger charge is -2.07. The van der Waals surface area contributed by atoms with Crippen molar-refractivity contribution in [3.05, 3.63) is 58.6 Å². The molecule has 0 radical (unpaired) electrons. The Morgan fingerprint density at radius 3 is 2.95 bits per heavy atom. The lowest BCUT2D eigenvalue weighted by atomic mass is 10.2. The number of hydrogen-bond donors (Lipinski definition) is 1. The number of halogens is 1. The Morgan fingerprint density at radius 1 is 1.40 bits per heavy atom. The van der Waals surface area contributed by atoms with Gasteiger partial charge in [0.1, 0.15) is 5.15 Å². The van der Waals surface area contributed by atoms with Crippen molar-refractivity contribution in [2.45, 2.75) is 19.8 Å². The van der Waals surface area contributed by atoms with Crippen molar-refractivity contribution in [2.24, 2.45) is 0 Å². The molecular formula is C15H16ClN3O. The molecule has 0 unspecified atom stereocenters. The fraction of sp³-hybridized carbons (Fsp3) is 0.267. The summed E-state index contributed by atoms with van der Waals surface area (Å²) in [5, 5.41) is 3.22. The minimum Gasteiger partial charge on any atom is -0.352 e. The molecule has 104 valence electrons. The van der Waals surface area contributed by atoms with E-state index in [0.29, 0.717) is 17.3 Å². The zero-order valence-electron chi connectivity index (χ0n) is 11.3. The molecule has 1 N–H and O–H groups in total. The first-order valence-corrected chi connectivity index (χ1v) is 6.90. The summed E-state index contributed by atoms with van der Waals surface area (Å²) in [5.74, 6) is -0.132. The van der Waals surface area contributed by atoms with E-state index in [-0.39, 0.29) is 5.91 Å². The van der Waals surface area contributed by atoms with E-state index in [9.17, 15) is 4.79 Å². The number of aromatic nitrogens is 2. The summed E-state index contributed by atoms with van der Waals surface area (Å²) in [6.07, 6.45) is 5.02. The van der Waals surface area contributed by atoms with Crippen molar-refractivity contribution in [1.82, 2.24) is 15.3 Å². The van der Waals surface area contributed by atoms with Crippen LogP contribution in [0.25, 0.3) is 0 Å². The topological polar surface area (TPSA) is 54.9 Å². The molecule has 0 spiro atoms. The van der Waals surface area contributed by atoms with Gasteiger partial charge in [-0.1, -0.05) is 24.6 Å². The number of nitrogens with one attached hydrogen (secondary N) is 1. The molecule has 2 aromatic heterocycles. The highest BCUT2D eigenvalue weighted by Gasteiger charge is 2.08. The quantitative estimate of drug-likeness (QED) is 0.861. The van der Waals surface area contributed by atoms with Gasteiger partial charge >= 0.3 is 0 Å². The monoisotopic (exact) mass is 289 g/mol. The van der Waals surface area contributed by atoms with E-state index in [4.69, 9.17) is 11.6 Å². The predicted octanol–water partition coefficient (Wildman–Crippen LogP) is 2.66. The van der Waals surface area contributed by atoms with E-state index in [1.54, 1.807) is 24.5 Å². The zero-order valence-corrected chi connectivity index (χ0v) is 12.0. The first-order chi connectivity index (χ1) is 9.69. The molecule has 2 aromatic rings. The molecule has 0 aromatic carbocycles. The molecule has 0 fully saturated rings. The highest BCUT2D eigenvalue weighted by Crippen LogP contribution is 2.11. The molecule has 0 bridgehead atoms. The Kier molecular flexibility index (Phi) is 5.07. The third-order valence-corrected chi connectivity index (χ3v) is 3.09. The molecule has 0 saturated heterocycles. The van der Waals surface area contributed by atoms with Crippen LogP contribution in [0.4, 0.5) is 0 Å². The normalized spacial score (nSPS) is 10.3.